The summed E-state index contributed by atoms with van der Waals surface area (Å²) in [5, 5.41) is 9.73. The first kappa shape index (κ1) is 13.5. The minimum atomic E-state index is -0.0961. The average molecular weight is 232 g/mol. The van der Waals surface area contributed by atoms with Gasteiger partial charge in [0.05, 0.1) is 5.57 Å². The molecule has 0 aromatic heterocycles. The van der Waals surface area contributed by atoms with Gasteiger partial charge in [0, 0.05) is 0 Å². The van der Waals surface area contributed by atoms with Crippen LogP contribution in [0.1, 0.15) is 41.7 Å². The minimum Gasteiger partial charge on any atom is -0.512 e. The fourth-order valence-electron chi connectivity index (χ4n) is 2.20. The maximum absolute atomic E-state index is 11.7. The molecule has 17 heavy (non-hydrogen) atoms. The highest BCUT2D eigenvalue weighted by Crippen LogP contribution is 2.30. The van der Waals surface area contributed by atoms with Crippen molar-refractivity contribution < 1.29 is 9.90 Å². The Morgan fingerprint density at radius 2 is 1.41 bits per heavy atom. The Labute approximate surface area is 103 Å². The van der Waals surface area contributed by atoms with E-state index in [0.717, 1.165) is 27.8 Å². The molecule has 0 atom stereocenters. The molecule has 2 heteroatoms. The molecule has 1 aromatic rings. The van der Waals surface area contributed by atoms with Crippen molar-refractivity contribution in [3.63, 3.8) is 0 Å². The maximum Gasteiger partial charge on any atom is 0.163 e. The summed E-state index contributed by atoms with van der Waals surface area (Å²) in [6.45, 7) is 11.1. The molecule has 0 aliphatic carbocycles. The molecule has 0 bridgehead atoms. The van der Waals surface area contributed by atoms with Crippen molar-refractivity contribution in [1.29, 1.82) is 0 Å². The summed E-state index contributed by atoms with van der Waals surface area (Å²) in [5.74, 6) is -0.00472. The van der Waals surface area contributed by atoms with Gasteiger partial charge in [-0.1, -0.05) is 6.07 Å². The van der Waals surface area contributed by atoms with Crippen LogP contribution in [-0.2, 0) is 4.79 Å². The molecular formula is C15H20O2. The maximum atomic E-state index is 11.7. The largest absolute Gasteiger partial charge is 0.512 e. The number of aryl methyl sites for hydroxylation is 2. The predicted octanol–water partition coefficient (Wildman–Crippen LogP) is 3.80. The number of ketones is 1. The molecule has 1 N–H and O–H groups in total. The van der Waals surface area contributed by atoms with E-state index >= 15 is 0 Å². The SMILES string of the molecule is CC(=O)/C(=C(\C)O)c1c(C)c(C)cc(C)c1C. The number of aliphatic hydroxyl groups is 1. The third-order valence-corrected chi connectivity index (χ3v) is 3.33. The molecule has 1 rings (SSSR count). The molecule has 0 amide bonds. The number of hydrogen-bond acceptors (Lipinski definition) is 2. The quantitative estimate of drug-likeness (QED) is 0.622. The second-order valence-electron chi connectivity index (χ2n) is 4.65. The van der Waals surface area contributed by atoms with Crippen LogP contribution in [0.15, 0.2) is 11.8 Å². The first-order chi connectivity index (χ1) is 7.77. The zero-order valence-electron chi connectivity index (χ0n) is 11.4. The number of Topliss-reactive ketones (excluding diaryl/α,β-unsaturated/α-hetero) is 1. The van der Waals surface area contributed by atoms with Crippen molar-refractivity contribution in [2.24, 2.45) is 0 Å². The Bertz CT molecular complexity index is 478. The summed E-state index contributed by atoms with van der Waals surface area (Å²) in [4.78, 5) is 11.7. The van der Waals surface area contributed by atoms with Crippen LogP contribution in [0.2, 0.25) is 0 Å². The molecular weight excluding hydrogens is 212 g/mol. The van der Waals surface area contributed by atoms with Gasteiger partial charge in [-0.25, -0.2) is 0 Å². The normalized spacial score (nSPS) is 12.4. The van der Waals surface area contributed by atoms with Crippen LogP contribution in [0.5, 0.6) is 0 Å². The highest BCUT2D eigenvalue weighted by atomic mass is 16.3. The van der Waals surface area contributed by atoms with Crippen molar-refractivity contribution in [2.75, 3.05) is 0 Å². The van der Waals surface area contributed by atoms with Crippen LogP contribution in [0.3, 0.4) is 0 Å². The smallest absolute Gasteiger partial charge is 0.163 e. The van der Waals surface area contributed by atoms with Crippen LogP contribution in [0, 0.1) is 27.7 Å². The van der Waals surface area contributed by atoms with Crippen molar-refractivity contribution in [1.82, 2.24) is 0 Å². The molecule has 0 radical (unpaired) electrons. The molecule has 0 fully saturated rings. The molecule has 0 aliphatic heterocycles. The highest BCUT2D eigenvalue weighted by Gasteiger charge is 2.18. The molecule has 0 saturated heterocycles. The molecule has 2 nitrogen and oxygen atoms in total. The molecule has 0 saturated carbocycles. The monoisotopic (exact) mass is 232 g/mol. The van der Waals surface area contributed by atoms with Gasteiger partial charge in [-0.05, 0) is 69.4 Å². The summed E-state index contributed by atoms with van der Waals surface area (Å²) >= 11 is 0. The highest BCUT2D eigenvalue weighted by molar-refractivity contribution is 6.20. The molecule has 0 heterocycles. The van der Waals surface area contributed by atoms with Gasteiger partial charge >= 0.3 is 0 Å². The fraction of sp³-hybridized carbons (Fsp3) is 0.400. The number of aliphatic hydroxyl groups excluding tert-OH is 1. The Morgan fingerprint density at radius 3 is 1.71 bits per heavy atom. The van der Waals surface area contributed by atoms with E-state index in [0.29, 0.717) is 5.57 Å². The van der Waals surface area contributed by atoms with Gasteiger partial charge in [0.2, 0.25) is 0 Å². The van der Waals surface area contributed by atoms with E-state index in [1.807, 2.05) is 27.7 Å². The lowest BCUT2D eigenvalue weighted by atomic mass is 9.87. The van der Waals surface area contributed by atoms with Gasteiger partial charge in [-0.3, -0.25) is 4.79 Å². The topological polar surface area (TPSA) is 37.3 Å². The summed E-state index contributed by atoms with van der Waals surface area (Å²) in [6.07, 6.45) is 0. The molecule has 0 unspecified atom stereocenters. The van der Waals surface area contributed by atoms with E-state index < -0.39 is 0 Å². The van der Waals surface area contributed by atoms with E-state index in [1.165, 1.54) is 6.92 Å². The van der Waals surface area contributed by atoms with Gasteiger partial charge in [-0.2, -0.15) is 0 Å². The summed E-state index contributed by atoms with van der Waals surface area (Å²) < 4.78 is 0. The van der Waals surface area contributed by atoms with E-state index in [-0.39, 0.29) is 11.5 Å². The zero-order chi connectivity index (χ0) is 13.3. The van der Waals surface area contributed by atoms with Gasteiger partial charge in [-0.15, -0.1) is 0 Å². The number of rotatable bonds is 2. The Morgan fingerprint density at radius 1 is 1.00 bits per heavy atom. The number of carbonyl (C=O) groups is 1. The fourth-order valence-corrected chi connectivity index (χ4v) is 2.20. The van der Waals surface area contributed by atoms with Crippen molar-refractivity contribution in [2.45, 2.75) is 41.5 Å². The van der Waals surface area contributed by atoms with Gasteiger partial charge in [0.15, 0.2) is 5.78 Å². The van der Waals surface area contributed by atoms with Gasteiger partial charge in [0.1, 0.15) is 5.76 Å². The van der Waals surface area contributed by atoms with Crippen LogP contribution < -0.4 is 0 Å². The molecule has 1 aromatic carbocycles. The number of hydrogen-bond donors (Lipinski definition) is 1. The lowest BCUT2D eigenvalue weighted by Crippen LogP contribution is -2.06. The molecule has 0 spiro atoms. The Kier molecular flexibility index (Phi) is 3.76. The summed E-state index contributed by atoms with van der Waals surface area (Å²) in [7, 11) is 0. The third-order valence-electron chi connectivity index (χ3n) is 3.33. The molecule has 0 aliphatic rings. The summed E-state index contributed by atoms with van der Waals surface area (Å²) in [6, 6.07) is 2.11. The Balaban J connectivity index is 3.72. The van der Waals surface area contributed by atoms with Crippen molar-refractivity contribution >= 4 is 11.4 Å². The second-order valence-corrected chi connectivity index (χ2v) is 4.65. The molecule has 92 valence electrons. The van der Waals surface area contributed by atoms with Crippen molar-refractivity contribution in [3.8, 4) is 0 Å². The van der Waals surface area contributed by atoms with Crippen LogP contribution in [0.4, 0.5) is 0 Å². The van der Waals surface area contributed by atoms with Crippen LogP contribution >= 0.6 is 0 Å². The first-order valence-electron chi connectivity index (χ1n) is 5.76. The zero-order valence-corrected chi connectivity index (χ0v) is 11.4. The van der Waals surface area contributed by atoms with E-state index in [1.54, 1.807) is 6.92 Å². The summed E-state index contributed by atoms with van der Waals surface area (Å²) in [5.41, 5.74) is 5.73. The number of allylic oxidation sites excluding steroid dienone is 2. The van der Waals surface area contributed by atoms with Crippen LogP contribution in [0.25, 0.3) is 5.57 Å². The first-order valence-corrected chi connectivity index (χ1v) is 5.76. The Hall–Kier alpha value is -1.57. The minimum absolute atomic E-state index is 0.0914. The van der Waals surface area contributed by atoms with Crippen molar-refractivity contribution in [3.05, 3.63) is 39.6 Å². The number of carbonyl (C=O) groups excluding carboxylic acids is 1. The standard InChI is InChI=1S/C15H20O2/c1-8-7-9(2)11(4)14(10(8)3)15(12(5)16)13(6)17/h7,16H,1-6H3/b15-12-. The van der Waals surface area contributed by atoms with E-state index in [4.69, 9.17) is 0 Å². The van der Waals surface area contributed by atoms with Crippen LogP contribution in [-0.4, -0.2) is 10.9 Å². The van der Waals surface area contributed by atoms with E-state index in [2.05, 4.69) is 6.07 Å². The van der Waals surface area contributed by atoms with E-state index in [9.17, 15) is 9.90 Å². The lowest BCUT2D eigenvalue weighted by Gasteiger charge is -2.17. The predicted molar refractivity (Wildman–Crippen MR) is 71.3 cm³/mol. The van der Waals surface area contributed by atoms with Gasteiger partial charge in [0.25, 0.3) is 0 Å². The third kappa shape index (κ3) is 2.41. The number of benzene rings is 1. The second kappa shape index (κ2) is 4.74. The average Bonchev–Trinajstić information content (AvgIpc) is 2.20. The lowest BCUT2D eigenvalue weighted by molar-refractivity contribution is -0.111. The van der Waals surface area contributed by atoms with Gasteiger partial charge < -0.3 is 5.11 Å².